The van der Waals surface area contributed by atoms with Crippen LogP contribution in [-0.2, 0) is 20.8 Å². The number of amides is 2. The van der Waals surface area contributed by atoms with E-state index >= 15 is 0 Å². The van der Waals surface area contributed by atoms with Crippen LogP contribution in [0.2, 0.25) is 0 Å². The Hall–Kier alpha value is -4.46. The van der Waals surface area contributed by atoms with Gasteiger partial charge in [0, 0.05) is 49.9 Å². The van der Waals surface area contributed by atoms with Crippen molar-refractivity contribution in [3.05, 3.63) is 57.8 Å². The quantitative estimate of drug-likeness (QED) is 0.203. The monoisotopic (exact) mass is 653 g/mol. The number of carbonyl (C=O) groups excluding carboxylic acids is 2. The molecule has 256 valence electrons. The van der Waals surface area contributed by atoms with Gasteiger partial charge in [0.25, 0.3) is 5.69 Å². The molecule has 1 aromatic carbocycles. The second-order valence-corrected chi connectivity index (χ2v) is 14.1. The van der Waals surface area contributed by atoms with Gasteiger partial charge in [-0.05, 0) is 59.4 Å². The van der Waals surface area contributed by atoms with Crippen LogP contribution >= 0.6 is 0 Å². The lowest BCUT2D eigenvalue weighted by atomic mass is 9.93. The minimum atomic E-state index is -0.804. The number of carbonyl (C=O) groups is 2. The molecular formula is C33H47N7O7. The van der Waals surface area contributed by atoms with Gasteiger partial charge in [0.1, 0.15) is 22.8 Å². The molecule has 0 bridgehead atoms. The largest absolute Gasteiger partial charge is 0.444 e. The van der Waals surface area contributed by atoms with Gasteiger partial charge < -0.3 is 24.4 Å². The van der Waals surface area contributed by atoms with Gasteiger partial charge in [0.2, 0.25) is 0 Å². The summed E-state index contributed by atoms with van der Waals surface area (Å²) in [5.41, 5.74) is 0.513. The number of rotatable bonds is 9. The third-order valence-corrected chi connectivity index (χ3v) is 7.65. The lowest BCUT2D eigenvalue weighted by Gasteiger charge is -2.38. The number of piperidine rings is 1. The molecule has 0 saturated carbocycles. The van der Waals surface area contributed by atoms with Gasteiger partial charge in [-0.15, -0.1) is 0 Å². The highest BCUT2D eigenvalue weighted by Crippen LogP contribution is 2.30. The van der Waals surface area contributed by atoms with Crippen LogP contribution in [0, 0.1) is 16.0 Å². The molecule has 0 spiro atoms. The number of nitrogens with zero attached hydrogens (tertiary/aromatic N) is 6. The highest BCUT2D eigenvalue weighted by atomic mass is 16.6. The molecule has 0 unspecified atom stereocenters. The van der Waals surface area contributed by atoms with Crippen LogP contribution in [0.1, 0.15) is 78.9 Å². The van der Waals surface area contributed by atoms with Gasteiger partial charge in [-0.3, -0.25) is 15.0 Å². The third kappa shape index (κ3) is 9.09. The summed E-state index contributed by atoms with van der Waals surface area (Å²) in [6.45, 7) is 16.3. The standard InChI is InChI=1S/C33H47N7O7/c1-21(2)25-18-35-39-28(38(31(42)47-33(6,7)8)19-22-11-10-12-24(15-22)40(43)44)16-27(36-29(25)39)34-17-23-13-14-37(20-26(23)45-9)30(41)46-32(3,4)5/h10-12,15-16,18,21,23,26H,13-14,17,19-20H2,1-9H3,(H,34,36)/t23-,26+/m1/s1. The van der Waals surface area contributed by atoms with E-state index < -0.39 is 22.2 Å². The van der Waals surface area contributed by atoms with Crippen molar-refractivity contribution in [3.63, 3.8) is 0 Å². The first-order valence-corrected chi connectivity index (χ1v) is 15.8. The van der Waals surface area contributed by atoms with Gasteiger partial charge >= 0.3 is 12.2 Å². The van der Waals surface area contributed by atoms with Crippen LogP contribution in [0.5, 0.6) is 0 Å². The van der Waals surface area contributed by atoms with Crippen LogP contribution in [-0.4, -0.2) is 80.7 Å². The highest BCUT2D eigenvalue weighted by molar-refractivity contribution is 5.88. The molecule has 2 amide bonds. The number of anilines is 2. The first-order chi connectivity index (χ1) is 22.0. The maximum atomic E-state index is 13.8. The van der Waals surface area contributed by atoms with Gasteiger partial charge in [-0.25, -0.2) is 14.6 Å². The van der Waals surface area contributed by atoms with E-state index in [-0.39, 0.29) is 36.3 Å². The van der Waals surface area contributed by atoms with Gasteiger partial charge in [0.05, 0.1) is 30.3 Å². The van der Waals surface area contributed by atoms with Crippen molar-refractivity contribution in [3.8, 4) is 0 Å². The maximum Gasteiger partial charge on any atom is 0.416 e. The molecule has 2 aromatic heterocycles. The molecule has 1 N–H and O–H groups in total. The third-order valence-electron chi connectivity index (χ3n) is 7.65. The Bertz CT molecular complexity index is 1590. The molecule has 2 atom stereocenters. The number of hydrogen-bond acceptors (Lipinski definition) is 10. The van der Waals surface area contributed by atoms with E-state index in [0.717, 1.165) is 5.56 Å². The molecule has 14 heteroatoms. The Balaban J connectivity index is 1.68. The number of benzene rings is 1. The first kappa shape index (κ1) is 35.4. The average Bonchev–Trinajstić information content (AvgIpc) is 3.41. The van der Waals surface area contributed by atoms with Crippen LogP contribution in [0.15, 0.2) is 36.5 Å². The topological polar surface area (TPSA) is 154 Å². The van der Waals surface area contributed by atoms with Crippen LogP contribution < -0.4 is 10.2 Å². The minimum Gasteiger partial charge on any atom is -0.444 e. The second kappa shape index (κ2) is 14.1. The number of hydrogen-bond donors (Lipinski definition) is 1. The number of non-ortho nitro benzene ring substituents is 1. The van der Waals surface area contributed by atoms with Gasteiger partial charge in [0.15, 0.2) is 5.65 Å². The molecule has 3 aromatic rings. The number of nitro benzene ring substituents is 1. The summed E-state index contributed by atoms with van der Waals surface area (Å²) >= 11 is 0. The Morgan fingerprint density at radius 3 is 2.45 bits per heavy atom. The molecule has 14 nitrogen and oxygen atoms in total. The van der Waals surface area contributed by atoms with Gasteiger partial charge in [-0.1, -0.05) is 26.0 Å². The summed E-state index contributed by atoms with van der Waals surface area (Å²) < 4.78 is 18.8. The first-order valence-electron chi connectivity index (χ1n) is 15.8. The van der Waals surface area contributed by atoms with E-state index in [2.05, 4.69) is 10.4 Å². The predicted octanol–water partition coefficient (Wildman–Crippen LogP) is 6.39. The van der Waals surface area contributed by atoms with Crippen molar-refractivity contribution < 1.29 is 28.7 Å². The van der Waals surface area contributed by atoms with E-state index in [9.17, 15) is 19.7 Å². The number of ether oxygens (including phenoxy) is 3. The minimum absolute atomic E-state index is 0.0130. The van der Waals surface area contributed by atoms with Crippen molar-refractivity contribution in [1.82, 2.24) is 19.5 Å². The summed E-state index contributed by atoms with van der Waals surface area (Å²) in [5, 5.41) is 19.5. The molecule has 1 aliphatic rings. The predicted molar refractivity (Wildman–Crippen MR) is 178 cm³/mol. The molecule has 0 radical (unpaired) electrons. The lowest BCUT2D eigenvalue weighted by Crippen LogP contribution is -2.50. The Labute approximate surface area is 275 Å². The van der Waals surface area contributed by atoms with Crippen LogP contribution in [0.3, 0.4) is 0 Å². The molecule has 0 aliphatic carbocycles. The van der Waals surface area contributed by atoms with E-state index in [1.165, 1.54) is 17.0 Å². The number of fused-ring (bicyclic) bond motifs is 1. The molecule has 1 aliphatic heterocycles. The normalized spacial score (nSPS) is 17.1. The fourth-order valence-corrected chi connectivity index (χ4v) is 5.35. The lowest BCUT2D eigenvalue weighted by molar-refractivity contribution is -0.384. The van der Waals surface area contributed by atoms with Crippen molar-refractivity contribution in [1.29, 1.82) is 0 Å². The fraction of sp³-hybridized carbons (Fsp3) is 0.576. The fourth-order valence-electron chi connectivity index (χ4n) is 5.35. The maximum absolute atomic E-state index is 13.8. The zero-order chi connectivity index (χ0) is 34.7. The molecule has 3 heterocycles. The van der Waals surface area contributed by atoms with E-state index in [1.807, 2.05) is 34.6 Å². The van der Waals surface area contributed by atoms with E-state index in [0.29, 0.717) is 48.9 Å². The second-order valence-electron chi connectivity index (χ2n) is 14.1. The highest BCUT2D eigenvalue weighted by Gasteiger charge is 2.34. The van der Waals surface area contributed by atoms with Crippen molar-refractivity contribution in [2.24, 2.45) is 5.92 Å². The average molecular weight is 654 g/mol. The number of nitro groups is 1. The van der Waals surface area contributed by atoms with E-state index in [1.54, 1.807) is 61.7 Å². The van der Waals surface area contributed by atoms with Gasteiger partial charge in [-0.2, -0.15) is 9.61 Å². The number of methoxy groups -OCH3 is 1. The van der Waals surface area contributed by atoms with Crippen molar-refractivity contribution in [2.45, 2.75) is 91.6 Å². The Morgan fingerprint density at radius 2 is 1.83 bits per heavy atom. The van der Waals surface area contributed by atoms with Crippen LogP contribution in [0.4, 0.5) is 26.9 Å². The zero-order valence-corrected chi connectivity index (χ0v) is 28.8. The zero-order valence-electron chi connectivity index (χ0n) is 28.8. The summed E-state index contributed by atoms with van der Waals surface area (Å²) in [5.74, 6) is 1.03. The van der Waals surface area contributed by atoms with E-state index in [4.69, 9.17) is 19.2 Å². The Morgan fingerprint density at radius 1 is 1.13 bits per heavy atom. The van der Waals surface area contributed by atoms with Crippen LogP contribution in [0.25, 0.3) is 5.65 Å². The number of nitrogens with one attached hydrogen (secondary N) is 1. The molecule has 4 rings (SSSR count). The van der Waals surface area contributed by atoms with Crippen molar-refractivity contribution >= 4 is 35.2 Å². The molecular weight excluding hydrogens is 606 g/mol. The Kier molecular flexibility index (Phi) is 10.6. The summed E-state index contributed by atoms with van der Waals surface area (Å²) in [6.07, 6.45) is 1.17. The molecule has 47 heavy (non-hydrogen) atoms. The molecule has 1 fully saturated rings. The summed E-state index contributed by atoms with van der Waals surface area (Å²) in [6, 6.07) is 7.87. The smallest absolute Gasteiger partial charge is 0.416 e. The molecule has 1 saturated heterocycles. The SMILES string of the molecule is CO[C@H]1CN(C(=O)OC(C)(C)C)CC[C@@H]1CNc1cc(N(Cc2cccc([N+](=O)[O-])c2)C(=O)OC(C)(C)C)n2ncc(C(C)C)c2n1. The van der Waals surface area contributed by atoms with Crippen molar-refractivity contribution in [2.75, 3.05) is 37.0 Å². The summed E-state index contributed by atoms with van der Waals surface area (Å²) in [7, 11) is 1.63. The number of likely N-dealkylation sites (tertiary alicyclic amines) is 1. The number of aromatic nitrogens is 3. The summed E-state index contributed by atoms with van der Waals surface area (Å²) in [4.78, 5) is 45.5.